The second kappa shape index (κ2) is 6.68. The first-order valence-electron chi connectivity index (χ1n) is 7.06. The minimum atomic E-state index is -4.19. The minimum absolute atomic E-state index is 0.0114. The SMILES string of the molecule is CCC(C)OP(=O)(O)Cn1c(=O)c(=O)[nH]c2cc([N+](=O)[O-])ccc21. The van der Waals surface area contributed by atoms with Crippen LogP contribution in [0.15, 0.2) is 27.8 Å². The first kappa shape index (κ1) is 18.1. The average Bonchev–Trinajstić information content (AvgIpc) is 2.50. The van der Waals surface area contributed by atoms with E-state index < -0.39 is 36.0 Å². The lowest BCUT2D eigenvalue weighted by Gasteiger charge is -2.18. The summed E-state index contributed by atoms with van der Waals surface area (Å²) in [5.41, 5.74) is -2.28. The number of nitro groups is 1. The van der Waals surface area contributed by atoms with Gasteiger partial charge in [0.1, 0.15) is 6.29 Å². The number of benzene rings is 1. The predicted octanol–water partition coefficient (Wildman–Crippen LogP) is 1.56. The fourth-order valence-corrected chi connectivity index (χ4v) is 3.51. The second-order valence-electron chi connectivity index (χ2n) is 5.25. The molecule has 2 atom stereocenters. The average molecular weight is 357 g/mol. The standard InChI is InChI=1S/C13H16N3O7P/c1-3-8(2)23-24(21,22)7-15-11-5-4-9(16(19)20)6-10(11)14-12(17)13(15)18/h4-6,8H,3,7H2,1-2H3,(H,14,17)(H,21,22). The first-order valence-corrected chi connectivity index (χ1v) is 8.82. The van der Waals surface area contributed by atoms with Crippen LogP contribution in [-0.2, 0) is 15.4 Å². The molecule has 2 aromatic rings. The quantitative estimate of drug-likeness (QED) is 0.345. The number of aromatic amines is 1. The van der Waals surface area contributed by atoms with Crippen molar-refractivity contribution in [2.75, 3.05) is 0 Å². The molecule has 2 N–H and O–H groups in total. The molecular formula is C13H16N3O7P. The lowest BCUT2D eigenvalue weighted by atomic mass is 10.2. The van der Waals surface area contributed by atoms with Gasteiger partial charge in [-0.15, -0.1) is 0 Å². The molecule has 0 bridgehead atoms. The van der Waals surface area contributed by atoms with Gasteiger partial charge in [0.25, 0.3) is 5.69 Å². The van der Waals surface area contributed by atoms with E-state index >= 15 is 0 Å². The fourth-order valence-electron chi connectivity index (χ4n) is 2.09. The van der Waals surface area contributed by atoms with Crippen molar-refractivity contribution >= 4 is 24.3 Å². The fraction of sp³-hybridized carbons (Fsp3) is 0.385. The van der Waals surface area contributed by atoms with Gasteiger partial charge in [-0.3, -0.25) is 28.8 Å². The summed E-state index contributed by atoms with van der Waals surface area (Å²) in [7, 11) is -4.19. The summed E-state index contributed by atoms with van der Waals surface area (Å²) < 4.78 is 18.0. The Kier molecular flexibility index (Phi) is 5.02. The lowest BCUT2D eigenvalue weighted by Crippen LogP contribution is -2.36. The zero-order chi connectivity index (χ0) is 18.1. The summed E-state index contributed by atoms with van der Waals surface area (Å²) in [4.78, 5) is 46.1. The van der Waals surface area contributed by atoms with E-state index in [-0.39, 0.29) is 16.7 Å². The van der Waals surface area contributed by atoms with Crippen LogP contribution in [-0.4, -0.2) is 25.5 Å². The van der Waals surface area contributed by atoms with Gasteiger partial charge >= 0.3 is 18.7 Å². The number of hydrogen-bond donors (Lipinski definition) is 2. The van der Waals surface area contributed by atoms with E-state index in [1.165, 1.54) is 6.07 Å². The van der Waals surface area contributed by atoms with E-state index in [1.54, 1.807) is 13.8 Å². The maximum atomic E-state index is 12.2. The van der Waals surface area contributed by atoms with Gasteiger partial charge in [-0.05, 0) is 19.4 Å². The number of fused-ring (bicyclic) bond motifs is 1. The van der Waals surface area contributed by atoms with Gasteiger partial charge < -0.3 is 14.4 Å². The van der Waals surface area contributed by atoms with Crippen LogP contribution in [0.2, 0.25) is 0 Å². The van der Waals surface area contributed by atoms with Crippen LogP contribution >= 0.6 is 7.60 Å². The number of H-pyrrole nitrogens is 1. The molecule has 0 spiro atoms. The maximum absolute atomic E-state index is 12.2. The topological polar surface area (TPSA) is 145 Å². The third-order valence-corrected chi connectivity index (χ3v) is 4.74. The molecule has 2 unspecified atom stereocenters. The third kappa shape index (κ3) is 3.78. The van der Waals surface area contributed by atoms with Crippen molar-refractivity contribution in [1.29, 1.82) is 0 Å². The Bertz CT molecular complexity index is 949. The Morgan fingerprint density at radius 1 is 1.46 bits per heavy atom. The Balaban J connectivity index is 2.59. The number of nitrogens with zero attached hydrogens (tertiary/aromatic N) is 2. The molecule has 0 aliphatic heterocycles. The summed E-state index contributed by atoms with van der Waals surface area (Å²) in [6, 6.07) is 3.44. The molecule has 24 heavy (non-hydrogen) atoms. The first-order chi connectivity index (χ1) is 11.1. The number of non-ortho nitro benzene ring substituents is 1. The highest BCUT2D eigenvalue weighted by Crippen LogP contribution is 2.45. The van der Waals surface area contributed by atoms with E-state index in [9.17, 15) is 29.2 Å². The van der Waals surface area contributed by atoms with Crippen molar-refractivity contribution in [3.05, 3.63) is 49.0 Å². The molecule has 2 rings (SSSR count). The number of hydrogen-bond acceptors (Lipinski definition) is 6. The molecule has 11 heteroatoms. The highest BCUT2D eigenvalue weighted by atomic mass is 31.2. The Morgan fingerprint density at radius 2 is 2.12 bits per heavy atom. The van der Waals surface area contributed by atoms with Crippen molar-refractivity contribution in [1.82, 2.24) is 9.55 Å². The van der Waals surface area contributed by atoms with Crippen LogP contribution in [0.1, 0.15) is 20.3 Å². The normalized spacial score (nSPS) is 15.1. The number of nitrogens with one attached hydrogen (secondary N) is 1. The summed E-state index contributed by atoms with van der Waals surface area (Å²) in [6.07, 6.45) is -0.748. The largest absolute Gasteiger partial charge is 0.348 e. The van der Waals surface area contributed by atoms with Gasteiger partial charge in [-0.25, -0.2) is 0 Å². The molecule has 0 aliphatic rings. The van der Waals surface area contributed by atoms with Gasteiger partial charge in [0, 0.05) is 12.1 Å². The van der Waals surface area contributed by atoms with Crippen molar-refractivity contribution < 1.29 is 18.9 Å². The summed E-state index contributed by atoms with van der Waals surface area (Å²) >= 11 is 0. The maximum Gasteiger partial charge on any atom is 0.348 e. The van der Waals surface area contributed by atoms with Crippen molar-refractivity contribution in [2.45, 2.75) is 32.7 Å². The zero-order valence-electron chi connectivity index (χ0n) is 13.0. The van der Waals surface area contributed by atoms with Crippen LogP contribution in [0, 0.1) is 10.1 Å². The Morgan fingerprint density at radius 3 is 2.71 bits per heavy atom. The van der Waals surface area contributed by atoms with Gasteiger partial charge in [-0.2, -0.15) is 0 Å². The van der Waals surface area contributed by atoms with Gasteiger partial charge in [-0.1, -0.05) is 6.92 Å². The third-order valence-electron chi connectivity index (χ3n) is 3.41. The Hall–Kier alpha value is -2.29. The molecule has 0 aliphatic carbocycles. The molecule has 0 saturated carbocycles. The van der Waals surface area contributed by atoms with Crippen molar-refractivity contribution in [3.63, 3.8) is 0 Å². The molecule has 0 saturated heterocycles. The van der Waals surface area contributed by atoms with Crippen LogP contribution in [0.4, 0.5) is 5.69 Å². The molecule has 1 aromatic carbocycles. The van der Waals surface area contributed by atoms with Crippen LogP contribution in [0.25, 0.3) is 11.0 Å². The van der Waals surface area contributed by atoms with E-state index in [0.29, 0.717) is 6.42 Å². The van der Waals surface area contributed by atoms with Crippen molar-refractivity contribution in [3.8, 4) is 0 Å². The number of nitro benzene ring substituents is 1. The summed E-state index contributed by atoms with van der Waals surface area (Å²) in [6.45, 7) is 3.36. The highest BCUT2D eigenvalue weighted by molar-refractivity contribution is 7.51. The molecule has 0 radical (unpaired) electrons. The van der Waals surface area contributed by atoms with Crippen LogP contribution < -0.4 is 11.1 Å². The number of aromatic nitrogens is 2. The van der Waals surface area contributed by atoms with Gasteiger partial charge in [0.05, 0.1) is 22.1 Å². The molecule has 1 heterocycles. The minimum Gasteiger partial charge on any atom is -0.323 e. The van der Waals surface area contributed by atoms with E-state index in [2.05, 4.69) is 4.98 Å². The predicted molar refractivity (Wildman–Crippen MR) is 86.1 cm³/mol. The van der Waals surface area contributed by atoms with E-state index in [0.717, 1.165) is 16.7 Å². The summed E-state index contributed by atoms with van der Waals surface area (Å²) in [5, 5.41) is 10.8. The van der Waals surface area contributed by atoms with E-state index in [4.69, 9.17) is 4.52 Å². The van der Waals surface area contributed by atoms with Crippen LogP contribution in [0.3, 0.4) is 0 Å². The Labute approximate surface area is 135 Å². The van der Waals surface area contributed by atoms with Gasteiger partial charge in [0.15, 0.2) is 0 Å². The molecule has 130 valence electrons. The second-order valence-corrected chi connectivity index (χ2v) is 7.02. The molecule has 0 fully saturated rings. The zero-order valence-corrected chi connectivity index (χ0v) is 13.9. The van der Waals surface area contributed by atoms with Crippen molar-refractivity contribution in [2.24, 2.45) is 0 Å². The smallest absolute Gasteiger partial charge is 0.323 e. The van der Waals surface area contributed by atoms with E-state index in [1.807, 2.05) is 0 Å². The monoisotopic (exact) mass is 357 g/mol. The highest BCUT2D eigenvalue weighted by Gasteiger charge is 2.25. The summed E-state index contributed by atoms with van der Waals surface area (Å²) in [5.74, 6) is 0. The molecular weight excluding hydrogens is 341 g/mol. The number of rotatable bonds is 6. The molecule has 10 nitrogen and oxygen atoms in total. The molecule has 0 amide bonds. The van der Waals surface area contributed by atoms with Gasteiger partial charge in [0.2, 0.25) is 0 Å². The lowest BCUT2D eigenvalue weighted by molar-refractivity contribution is -0.384. The van der Waals surface area contributed by atoms with Crippen LogP contribution in [0.5, 0.6) is 0 Å². The molecule has 1 aromatic heterocycles.